The van der Waals surface area contributed by atoms with Gasteiger partial charge in [0.1, 0.15) is 5.52 Å². The van der Waals surface area contributed by atoms with Gasteiger partial charge in [-0.25, -0.2) is 4.98 Å². The fourth-order valence-corrected chi connectivity index (χ4v) is 9.76. The van der Waals surface area contributed by atoms with Gasteiger partial charge in [-0.3, -0.25) is 0 Å². The van der Waals surface area contributed by atoms with Gasteiger partial charge < -0.3 is 9.32 Å². The summed E-state index contributed by atoms with van der Waals surface area (Å²) in [4.78, 5) is 7.24. The first-order valence-corrected chi connectivity index (χ1v) is 19.3. The van der Waals surface area contributed by atoms with E-state index in [2.05, 4.69) is 158 Å². The molecule has 0 N–H and O–H groups in total. The average molecular weight is 711 g/mol. The van der Waals surface area contributed by atoms with Crippen molar-refractivity contribution in [3.05, 3.63) is 181 Å². The summed E-state index contributed by atoms with van der Waals surface area (Å²) in [5, 5.41) is 4.81. The predicted octanol–water partition coefficient (Wildman–Crippen LogP) is 14.5. The number of rotatable bonds is 5. The number of hydrogen-bond acceptors (Lipinski definition) is 4. The van der Waals surface area contributed by atoms with Crippen molar-refractivity contribution in [3.63, 3.8) is 0 Å². The Balaban J connectivity index is 1.04. The first-order chi connectivity index (χ1) is 26.5. The molecule has 0 bridgehead atoms. The van der Waals surface area contributed by atoms with Gasteiger partial charge in [0.25, 0.3) is 0 Å². The lowest BCUT2D eigenvalue weighted by atomic mass is 9.82. The smallest absolute Gasteiger partial charge is 0.227 e. The summed E-state index contributed by atoms with van der Waals surface area (Å²) in [7, 11) is 0. The molecule has 0 aliphatic heterocycles. The number of thiophene rings is 1. The van der Waals surface area contributed by atoms with Crippen LogP contribution in [0.3, 0.4) is 0 Å². The fourth-order valence-electron chi connectivity index (χ4n) is 8.62. The molecule has 8 aromatic carbocycles. The van der Waals surface area contributed by atoms with Crippen molar-refractivity contribution in [2.75, 3.05) is 4.90 Å². The number of aromatic nitrogens is 1. The normalized spacial score (nSPS) is 13.1. The van der Waals surface area contributed by atoms with Gasteiger partial charge in [0.05, 0.1) is 0 Å². The maximum absolute atomic E-state index is 6.41. The van der Waals surface area contributed by atoms with Gasteiger partial charge in [0, 0.05) is 53.6 Å². The largest absolute Gasteiger partial charge is 0.435 e. The Bertz CT molecular complexity index is 3080. The summed E-state index contributed by atoms with van der Waals surface area (Å²) in [5.41, 5.74) is 13.7. The maximum atomic E-state index is 6.41. The van der Waals surface area contributed by atoms with Gasteiger partial charge in [0.2, 0.25) is 5.89 Å². The molecular formula is C50H34N2OS. The molecule has 4 heteroatoms. The van der Waals surface area contributed by atoms with Crippen molar-refractivity contribution in [1.82, 2.24) is 4.98 Å². The first kappa shape index (κ1) is 31.1. The SMILES string of the molecule is CC1(C)c2ccccc2-c2ccc(N(c3ccc(-c4cccc5c4ccc4nc(-c6ccccc6)oc45)cc3)c3ccc4c(c3)sc3ccccc34)cc21. The maximum Gasteiger partial charge on any atom is 0.227 e. The van der Waals surface area contributed by atoms with Crippen LogP contribution in [0, 0.1) is 0 Å². The quantitative estimate of drug-likeness (QED) is 0.178. The van der Waals surface area contributed by atoms with Crippen LogP contribution in [0.1, 0.15) is 25.0 Å². The second-order valence-corrected chi connectivity index (χ2v) is 15.8. The zero-order chi connectivity index (χ0) is 36.0. The van der Waals surface area contributed by atoms with Crippen molar-refractivity contribution >= 4 is 70.4 Å². The second kappa shape index (κ2) is 11.8. The molecule has 0 saturated carbocycles. The third kappa shape index (κ3) is 4.70. The molecule has 1 aliphatic rings. The van der Waals surface area contributed by atoms with Crippen molar-refractivity contribution < 1.29 is 4.42 Å². The van der Waals surface area contributed by atoms with Crippen LogP contribution in [0.25, 0.3) is 75.8 Å². The van der Waals surface area contributed by atoms with Gasteiger partial charge in [-0.05, 0) is 99.4 Å². The van der Waals surface area contributed by atoms with E-state index in [1.807, 2.05) is 41.7 Å². The van der Waals surface area contributed by atoms with Crippen LogP contribution in [0.2, 0.25) is 0 Å². The fraction of sp³-hybridized carbons (Fsp3) is 0.0600. The molecule has 2 aromatic heterocycles. The summed E-state index contributed by atoms with van der Waals surface area (Å²) < 4.78 is 9.00. The molecule has 0 fully saturated rings. The zero-order valence-electron chi connectivity index (χ0n) is 29.9. The summed E-state index contributed by atoms with van der Waals surface area (Å²) in [6, 6.07) is 61.3. The van der Waals surface area contributed by atoms with Gasteiger partial charge in [-0.1, -0.05) is 123 Å². The van der Waals surface area contributed by atoms with Gasteiger partial charge in [-0.2, -0.15) is 0 Å². The molecule has 11 rings (SSSR count). The molecule has 0 amide bonds. The molecule has 0 radical (unpaired) electrons. The molecule has 0 atom stereocenters. The minimum atomic E-state index is -0.0992. The molecule has 0 unspecified atom stereocenters. The van der Waals surface area contributed by atoms with Crippen LogP contribution >= 0.6 is 11.3 Å². The summed E-state index contributed by atoms with van der Waals surface area (Å²) in [6.45, 7) is 4.70. The third-order valence-corrected chi connectivity index (χ3v) is 12.4. The Morgan fingerprint density at radius 2 is 1.15 bits per heavy atom. The van der Waals surface area contributed by atoms with E-state index in [0.717, 1.165) is 55.6 Å². The van der Waals surface area contributed by atoms with Gasteiger partial charge in [0.15, 0.2) is 5.58 Å². The van der Waals surface area contributed by atoms with Crippen molar-refractivity contribution in [1.29, 1.82) is 0 Å². The van der Waals surface area contributed by atoms with E-state index in [1.165, 1.54) is 42.4 Å². The monoisotopic (exact) mass is 710 g/mol. The zero-order valence-corrected chi connectivity index (χ0v) is 30.7. The van der Waals surface area contributed by atoms with Gasteiger partial charge in [-0.15, -0.1) is 11.3 Å². The highest BCUT2D eigenvalue weighted by molar-refractivity contribution is 7.25. The third-order valence-electron chi connectivity index (χ3n) is 11.3. The Kier molecular flexibility index (Phi) is 6.77. The molecule has 2 heterocycles. The molecular weight excluding hydrogens is 677 g/mol. The highest BCUT2D eigenvalue weighted by Crippen LogP contribution is 2.51. The van der Waals surface area contributed by atoms with Crippen LogP contribution in [0.5, 0.6) is 0 Å². The topological polar surface area (TPSA) is 29.3 Å². The highest BCUT2D eigenvalue weighted by Gasteiger charge is 2.35. The molecule has 256 valence electrons. The lowest BCUT2D eigenvalue weighted by molar-refractivity contribution is 0.623. The van der Waals surface area contributed by atoms with Crippen LogP contribution < -0.4 is 4.90 Å². The molecule has 0 saturated heterocycles. The number of oxazole rings is 1. The van der Waals surface area contributed by atoms with E-state index in [4.69, 9.17) is 9.40 Å². The Morgan fingerprint density at radius 3 is 2.04 bits per heavy atom. The number of nitrogens with zero attached hydrogens (tertiary/aromatic N) is 2. The van der Waals surface area contributed by atoms with Crippen molar-refractivity contribution in [2.24, 2.45) is 0 Å². The van der Waals surface area contributed by atoms with E-state index in [9.17, 15) is 0 Å². The van der Waals surface area contributed by atoms with Gasteiger partial charge >= 0.3 is 0 Å². The number of benzene rings is 8. The van der Waals surface area contributed by atoms with Crippen LogP contribution in [0.15, 0.2) is 174 Å². The number of anilines is 3. The molecule has 54 heavy (non-hydrogen) atoms. The average Bonchev–Trinajstić information content (AvgIpc) is 3.89. The highest BCUT2D eigenvalue weighted by atomic mass is 32.1. The minimum Gasteiger partial charge on any atom is -0.435 e. The second-order valence-electron chi connectivity index (χ2n) is 14.8. The minimum absolute atomic E-state index is 0.0992. The van der Waals surface area contributed by atoms with E-state index >= 15 is 0 Å². The Morgan fingerprint density at radius 1 is 0.481 bits per heavy atom. The predicted molar refractivity (Wildman–Crippen MR) is 228 cm³/mol. The van der Waals surface area contributed by atoms with Crippen molar-refractivity contribution in [2.45, 2.75) is 19.3 Å². The molecule has 10 aromatic rings. The standard InChI is InChI=1S/C50H34N2OS/c1-50(2)43-17-8-6-13-38(43)39-25-23-34(29-44(39)50)52(35-24-26-41-40-14-7-9-18-46(40)54-47(41)30-35)33-21-19-31(20-22-33)36-15-10-16-42-37(36)27-28-45-48(42)53-49(51-45)32-11-4-3-5-12-32/h3-30H,1-2H3. The molecule has 0 spiro atoms. The lowest BCUT2D eigenvalue weighted by Gasteiger charge is -2.28. The molecule has 1 aliphatic carbocycles. The van der Waals surface area contributed by atoms with E-state index < -0.39 is 0 Å². The van der Waals surface area contributed by atoms with E-state index in [1.54, 1.807) is 0 Å². The Labute approximate surface area is 317 Å². The first-order valence-electron chi connectivity index (χ1n) is 18.5. The Hall–Kier alpha value is -6.49. The van der Waals surface area contributed by atoms with Crippen molar-refractivity contribution in [3.8, 4) is 33.7 Å². The summed E-state index contributed by atoms with van der Waals surface area (Å²) in [6.07, 6.45) is 0. The number of fused-ring (bicyclic) bond motifs is 9. The summed E-state index contributed by atoms with van der Waals surface area (Å²) in [5.74, 6) is 0.639. The van der Waals surface area contributed by atoms with E-state index in [-0.39, 0.29) is 5.41 Å². The van der Waals surface area contributed by atoms with Crippen LogP contribution in [0.4, 0.5) is 17.1 Å². The van der Waals surface area contributed by atoms with Crippen LogP contribution in [-0.2, 0) is 5.41 Å². The lowest BCUT2D eigenvalue weighted by Crippen LogP contribution is -2.16. The summed E-state index contributed by atoms with van der Waals surface area (Å²) >= 11 is 1.86. The van der Waals surface area contributed by atoms with Crippen LogP contribution in [-0.4, -0.2) is 4.98 Å². The number of hydrogen-bond donors (Lipinski definition) is 0. The van der Waals surface area contributed by atoms with E-state index in [0.29, 0.717) is 5.89 Å². The molecule has 3 nitrogen and oxygen atoms in total.